The zero-order valence-electron chi connectivity index (χ0n) is 9.87. The molecule has 1 saturated carbocycles. The number of methoxy groups -OCH3 is 1. The van der Waals surface area contributed by atoms with Crippen molar-refractivity contribution in [2.24, 2.45) is 5.41 Å². The fraction of sp³-hybridized carbons (Fsp3) is 0.917. The summed E-state index contributed by atoms with van der Waals surface area (Å²) in [5.41, 5.74) is -0.178. The number of hydrogen-bond donors (Lipinski definition) is 0. The number of hydrogen-bond acceptors (Lipinski definition) is 4. The van der Waals surface area contributed by atoms with Gasteiger partial charge in [-0.3, -0.25) is 4.79 Å². The van der Waals surface area contributed by atoms with E-state index in [1.54, 1.807) is 0 Å². The first-order valence-corrected chi connectivity index (χ1v) is 8.21. The quantitative estimate of drug-likeness (QED) is 0.712. The zero-order valence-corrected chi connectivity index (χ0v) is 11.5. The lowest BCUT2D eigenvalue weighted by atomic mass is 9.75. The normalized spacial score (nSPS) is 26.3. The third kappa shape index (κ3) is 2.37. The zero-order chi connectivity index (χ0) is 11.4. The molecular formula is C12H20O2S2. The van der Waals surface area contributed by atoms with E-state index in [1.165, 1.54) is 44.3 Å². The molecule has 0 radical (unpaired) electrons. The highest BCUT2D eigenvalue weighted by Crippen LogP contribution is 2.51. The Morgan fingerprint density at radius 2 is 1.75 bits per heavy atom. The van der Waals surface area contributed by atoms with Gasteiger partial charge in [-0.2, -0.15) is 0 Å². The molecule has 1 saturated heterocycles. The third-order valence-corrected chi connectivity index (χ3v) is 6.99. The highest BCUT2D eigenvalue weighted by molar-refractivity contribution is 8.17. The predicted molar refractivity (Wildman–Crippen MR) is 70.9 cm³/mol. The van der Waals surface area contributed by atoms with E-state index in [9.17, 15) is 4.79 Å². The van der Waals surface area contributed by atoms with E-state index in [-0.39, 0.29) is 11.4 Å². The summed E-state index contributed by atoms with van der Waals surface area (Å²) in [6.07, 6.45) is 7.00. The van der Waals surface area contributed by atoms with Crippen LogP contribution in [-0.4, -0.2) is 29.2 Å². The minimum atomic E-state index is -0.178. The molecule has 4 heteroatoms. The van der Waals surface area contributed by atoms with Crippen LogP contribution in [0.15, 0.2) is 0 Å². The van der Waals surface area contributed by atoms with Gasteiger partial charge >= 0.3 is 5.97 Å². The van der Waals surface area contributed by atoms with E-state index in [4.69, 9.17) is 4.74 Å². The molecule has 2 fully saturated rings. The first-order valence-electron chi connectivity index (χ1n) is 6.11. The Hall–Kier alpha value is 0.170. The van der Waals surface area contributed by atoms with Crippen molar-refractivity contribution in [3.05, 3.63) is 0 Å². The first-order chi connectivity index (χ1) is 7.79. The van der Waals surface area contributed by atoms with Crippen LogP contribution in [0, 0.1) is 5.41 Å². The summed E-state index contributed by atoms with van der Waals surface area (Å²) in [7, 11) is 1.54. The molecule has 16 heavy (non-hydrogen) atoms. The van der Waals surface area contributed by atoms with Crippen molar-refractivity contribution in [1.29, 1.82) is 0 Å². The van der Waals surface area contributed by atoms with Gasteiger partial charge in [0, 0.05) is 0 Å². The Kier molecular flexibility index (Phi) is 4.48. The number of carbonyl (C=O) groups excluding carboxylic acids is 1. The minimum Gasteiger partial charge on any atom is -0.469 e. The molecule has 2 nitrogen and oxygen atoms in total. The van der Waals surface area contributed by atoms with Gasteiger partial charge in [-0.05, 0) is 30.8 Å². The largest absolute Gasteiger partial charge is 0.469 e. The van der Waals surface area contributed by atoms with E-state index in [0.717, 1.165) is 12.8 Å². The maximum absolute atomic E-state index is 12.1. The van der Waals surface area contributed by atoms with Crippen molar-refractivity contribution < 1.29 is 9.53 Å². The standard InChI is InChI=1S/C12H20O2S2/c1-14-10(13)12(6-3-2-4-7-12)11-15-8-5-9-16-11/h11H,2-9H2,1H3. The maximum atomic E-state index is 12.1. The lowest BCUT2D eigenvalue weighted by Gasteiger charge is -2.41. The molecule has 1 aliphatic heterocycles. The van der Waals surface area contributed by atoms with Gasteiger partial charge in [0.05, 0.1) is 17.1 Å². The van der Waals surface area contributed by atoms with Crippen molar-refractivity contribution in [1.82, 2.24) is 0 Å². The van der Waals surface area contributed by atoms with Crippen molar-refractivity contribution in [3.8, 4) is 0 Å². The molecule has 1 aliphatic carbocycles. The third-order valence-electron chi connectivity index (χ3n) is 3.62. The first kappa shape index (κ1) is 12.6. The van der Waals surface area contributed by atoms with Crippen LogP contribution in [0.5, 0.6) is 0 Å². The summed E-state index contributed by atoms with van der Waals surface area (Å²) in [6.45, 7) is 0. The average Bonchev–Trinajstić information content (AvgIpc) is 2.39. The Labute approximate surface area is 106 Å². The second-order valence-electron chi connectivity index (χ2n) is 4.64. The summed E-state index contributed by atoms with van der Waals surface area (Å²) in [6, 6.07) is 0. The molecule has 92 valence electrons. The SMILES string of the molecule is COC(=O)C1(C2SCCCS2)CCCCC1. The van der Waals surface area contributed by atoms with E-state index < -0.39 is 0 Å². The number of carbonyl (C=O) groups is 1. The second-order valence-corrected chi connectivity index (χ2v) is 7.36. The van der Waals surface area contributed by atoms with Gasteiger partial charge in [-0.25, -0.2) is 0 Å². The summed E-state index contributed by atoms with van der Waals surface area (Å²) in [5.74, 6) is 2.45. The van der Waals surface area contributed by atoms with Crippen LogP contribution in [0.4, 0.5) is 0 Å². The van der Waals surface area contributed by atoms with Gasteiger partial charge < -0.3 is 4.74 Å². The molecule has 0 amide bonds. The van der Waals surface area contributed by atoms with Gasteiger partial charge in [0.2, 0.25) is 0 Å². The lowest BCUT2D eigenvalue weighted by molar-refractivity contribution is -0.153. The monoisotopic (exact) mass is 260 g/mol. The molecular weight excluding hydrogens is 240 g/mol. The number of esters is 1. The number of rotatable bonds is 2. The maximum Gasteiger partial charge on any atom is 0.313 e. The Morgan fingerprint density at radius 1 is 1.12 bits per heavy atom. The Morgan fingerprint density at radius 3 is 2.31 bits per heavy atom. The number of thioether (sulfide) groups is 2. The van der Waals surface area contributed by atoms with E-state index in [2.05, 4.69) is 0 Å². The Balaban J connectivity index is 2.14. The molecule has 0 aromatic carbocycles. The van der Waals surface area contributed by atoms with Gasteiger partial charge in [0.15, 0.2) is 0 Å². The van der Waals surface area contributed by atoms with Crippen LogP contribution in [0.25, 0.3) is 0 Å². The van der Waals surface area contributed by atoms with Crippen LogP contribution in [0.1, 0.15) is 38.5 Å². The molecule has 1 heterocycles. The van der Waals surface area contributed by atoms with Gasteiger partial charge in [0.25, 0.3) is 0 Å². The number of ether oxygens (including phenoxy) is 1. The van der Waals surface area contributed by atoms with Gasteiger partial charge in [0.1, 0.15) is 0 Å². The molecule has 0 atom stereocenters. The van der Waals surface area contributed by atoms with Crippen LogP contribution >= 0.6 is 23.5 Å². The fourth-order valence-electron chi connectivity index (χ4n) is 2.73. The molecule has 0 spiro atoms. The molecule has 0 aromatic rings. The highest BCUT2D eigenvalue weighted by atomic mass is 32.2. The van der Waals surface area contributed by atoms with Crippen molar-refractivity contribution in [3.63, 3.8) is 0 Å². The molecule has 0 unspecified atom stereocenters. The molecule has 0 bridgehead atoms. The summed E-state index contributed by atoms with van der Waals surface area (Å²) in [4.78, 5) is 12.1. The summed E-state index contributed by atoms with van der Waals surface area (Å²) in [5, 5.41) is 0. The molecule has 2 rings (SSSR count). The fourth-order valence-corrected chi connectivity index (χ4v) is 6.23. The topological polar surface area (TPSA) is 26.3 Å². The van der Waals surface area contributed by atoms with Crippen LogP contribution in [-0.2, 0) is 9.53 Å². The minimum absolute atomic E-state index is 0.0408. The molecule has 0 N–H and O–H groups in total. The van der Waals surface area contributed by atoms with E-state index in [1.807, 2.05) is 23.5 Å². The van der Waals surface area contributed by atoms with E-state index >= 15 is 0 Å². The van der Waals surface area contributed by atoms with Crippen LogP contribution < -0.4 is 0 Å². The van der Waals surface area contributed by atoms with Gasteiger partial charge in [-0.15, -0.1) is 23.5 Å². The van der Waals surface area contributed by atoms with Crippen molar-refractivity contribution in [2.45, 2.75) is 43.1 Å². The predicted octanol–water partition coefficient (Wildman–Crippen LogP) is 3.31. The van der Waals surface area contributed by atoms with E-state index in [0.29, 0.717) is 4.58 Å². The van der Waals surface area contributed by atoms with Crippen molar-refractivity contribution >= 4 is 29.5 Å². The molecule has 0 aromatic heterocycles. The Bertz CT molecular complexity index is 243. The summed E-state index contributed by atoms with van der Waals surface area (Å²) < 4.78 is 5.52. The lowest BCUT2D eigenvalue weighted by Crippen LogP contribution is -2.43. The highest BCUT2D eigenvalue weighted by Gasteiger charge is 2.48. The smallest absolute Gasteiger partial charge is 0.313 e. The second kappa shape index (κ2) is 5.67. The van der Waals surface area contributed by atoms with Crippen LogP contribution in [0.2, 0.25) is 0 Å². The average molecular weight is 260 g/mol. The van der Waals surface area contributed by atoms with Gasteiger partial charge in [-0.1, -0.05) is 19.3 Å². The molecule has 2 aliphatic rings. The van der Waals surface area contributed by atoms with Crippen molar-refractivity contribution in [2.75, 3.05) is 18.6 Å². The van der Waals surface area contributed by atoms with Crippen LogP contribution in [0.3, 0.4) is 0 Å². The summed E-state index contributed by atoms with van der Waals surface area (Å²) >= 11 is 3.95.